The standard InChI is InChI=1S/C12H18BrN3O2/c1-12(2,3)18-11(17)16-10-6-8(7-15-14)4-5-9(10)13/h4-6,15H,7,14H2,1-3H3,(H,16,17). The molecule has 100 valence electrons. The van der Waals surface area contributed by atoms with E-state index in [-0.39, 0.29) is 0 Å². The minimum atomic E-state index is -0.521. The van der Waals surface area contributed by atoms with Crippen molar-refractivity contribution < 1.29 is 9.53 Å². The summed E-state index contributed by atoms with van der Waals surface area (Å²) in [4.78, 5) is 11.7. The molecule has 0 aliphatic rings. The molecule has 0 saturated heterocycles. The van der Waals surface area contributed by atoms with Crippen LogP contribution in [0.5, 0.6) is 0 Å². The van der Waals surface area contributed by atoms with Crippen LogP contribution < -0.4 is 16.6 Å². The van der Waals surface area contributed by atoms with Gasteiger partial charge in [0.2, 0.25) is 0 Å². The van der Waals surface area contributed by atoms with Gasteiger partial charge in [-0.2, -0.15) is 0 Å². The minimum absolute atomic E-state index is 0.485. The van der Waals surface area contributed by atoms with Gasteiger partial charge in [-0.25, -0.2) is 4.79 Å². The first kappa shape index (κ1) is 14.9. The molecule has 0 aromatic heterocycles. The van der Waals surface area contributed by atoms with Gasteiger partial charge in [0.1, 0.15) is 5.60 Å². The Morgan fingerprint density at radius 3 is 2.67 bits per heavy atom. The van der Waals surface area contributed by atoms with Crippen LogP contribution in [0.15, 0.2) is 22.7 Å². The smallest absolute Gasteiger partial charge is 0.412 e. The zero-order chi connectivity index (χ0) is 13.8. The summed E-state index contributed by atoms with van der Waals surface area (Å²) in [6, 6.07) is 5.58. The Labute approximate surface area is 115 Å². The Morgan fingerprint density at radius 1 is 1.44 bits per heavy atom. The Hall–Kier alpha value is -1.11. The molecule has 1 aromatic carbocycles. The monoisotopic (exact) mass is 315 g/mol. The molecule has 1 aromatic rings. The van der Waals surface area contributed by atoms with Crippen molar-refractivity contribution in [2.24, 2.45) is 5.84 Å². The first-order valence-electron chi connectivity index (χ1n) is 5.54. The zero-order valence-corrected chi connectivity index (χ0v) is 12.3. The third-order valence-electron chi connectivity index (χ3n) is 1.97. The van der Waals surface area contributed by atoms with Gasteiger partial charge >= 0.3 is 6.09 Å². The molecular weight excluding hydrogens is 298 g/mol. The molecule has 0 fully saturated rings. The molecule has 0 saturated carbocycles. The average Bonchev–Trinajstić information content (AvgIpc) is 2.20. The Bertz CT molecular complexity index is 430. The number of anilines is 1. The van der Waals surface area contributed by atoms with Crippen molar-refractivity contribution in [3.63, 3.8) is 0 Å². The highest BCUT2D eigenvalue weighted by Gasteiger charge is 2.17. The lowest BCUT2D eigenvalue weighted by Gasteiger charge is -2.20. The van der Waals surface area contributed by atoms with E-state index in [0.29, 0.717) is 12.2 Å². The van der Waals surface area contributed by atoms with E-state index >= 15 is 0 Å². The number of carbonyl (C=O) groups is 1. The third kappa shape index (κ3) is 5.03. The van der Waals surface area contributed by atoms with E-state index < -0.39 is 11.7 Å². The highest BCUT2D eigenvalue weighted by atomic mass is 79.9. The van der Waals surface area contributed by atoms with E-state index in [4.69, 9.17) is 10.6 Å². The van der Waals surface area contributed by atoms with E-state index in [1.807, 2.05) is 39.0 Å². The fraction of sp³-hybridized carbons (Fsp3) is 0.417. The van der Waals surface area contributed by atoms with Crippen LogP contribution in [0.25, 0.3) is 0 Å². The fourth-order valence-corrected chi connectivity index (χ4v) is 1.66. The number of nitrogens with one attached hydrogen (secondary N) is 2. The normalized spacial score (nSPS) is 11.2. The maximum absolute atomic E-state index is 11.7. The maximum atomic E-state index is 11.7. The topological polar surface area (TPSA) is 76.4 Å². The first-order chi connectivity index (χ1) is 8.31. The van der Waals surface area contributed by atoms with Gasteiger partial charge in [-0.1, -0.05) is 6.07 Å². The van der Waals surface area contributed by atoms with Gasteiger partial charge in [0.15, 0.2) is 0 Å². The van der Waals surface area contributed by atoms with Gasteiger partial charge < -0.3 is 4.74 Å². The SMILES string of the molecule is CC(C)(C)OC(=O)Nc1cc(CNN)ccc1Br. The lowest BCUT2D eigenvalue weighted by molar-refractivity contribution is 0.0636. The van der Waals surface area contributed by atoms with Gasteiger partial charge in [0.25, 0.3) is 0 Å². The molecule has 4 N–H and O–H groups in total. The molecule has 0 radical (unpaired) electrons. The number of rotatable bonds is 3. The second-order valence-electron chi connectivity index (χ2n) is 4.82. The number of ether oxygens (including phenoxy) is 1. The fourth-order valence-electron chi connectivity index (χ4n) is 1.31. The summed E-state index contributed by atoms with van der Waals surface area (Å²) in [6.07, 6.45) is -0.485. The van der Waals surface area contributed by atoms with E-state index in [0.717, 1.165) is 10.0 Å². The molecule has 6 heteroatoms. The number of hydrazine groups is 1. The van der Waals surface area contributed by atoms with Crippen molar-refractivity contribution in [3.8, 4) is 0 Å². The van der Waals surface area contributed by atoms with Crippen molar-refractivity contribution in [2.75, 3.05) is 5.32 Å². The molecule has 0 spiro atoms. The predicted molar refractivity (Wildman–Crippen MR) is 75.0 cm³/mol. The number of benzene rings is 1. The Balaban J connectivity index is 2.77. The summed E-state index contributed by atoms with van der Waals surface area (Å²) in [5.41, 5.74) is 3.66. The Morgan fingerprint density at radius 2 is 2.11 bits per heavy atom. The van der Waals surface area contributed by atoms with Crippen LogP contribution in [0.3, 0.4) is 0 Å². The highest BCUT2D eigenvalue weighted by Crippen LogP contribution is 2.24. The molecular formula is C12H18BrN3O2. The first-order valence-corrected chi connectivity index (χ1v) is 6.33. The van der Waals surface area contributed by atoms with Crippen molar-refractivity contribution in [1.29, 1.82) is 0 Å². The number of amides is 1. The van der Waals surface area contributed by atoms with Gasteiger partial charge in [-0.05, 0) is 54.4 Å². The minimum Gasteiger partial charge on any atom is -0.444 e. The predicted octanol–water partition coefficient (Wildman–Crippen LogP) is 2.76. The summed E-state index contributed by atoms with van der Waals surface area (Å²) in [5.74, 6) is 5.26. The van der Waals surface area contributed by atoms with E-state index in [1.165, 1.54) is 0 Å². The van der Waals surface area contributed by atoms with Gasteiger partial charge in [-0.15, -0.1) is 0 Å². The van der Waals surface area contributed by atoms with Crippen LogP contribution in [0, 0.1) is 0 Å². The molecule has 18 heavy (non-hydrogen) atoms. The number of hydrogen-bond donors (Lipinski definition) is 3. The second kappa shape index (κ2) is 6.17. The largest absolute Gasteiger partial charge is 0.444 e. The average molecular weight is 316 g/mol. The molecule has 0 heterocycles. The van der Waals surface area contributed by atoms with Crippen LogP contribution in [-0.4, -0.2) is 11.7 Å². The molecule has 0 aliphatic heterocycles. The van der Waals surface area contributed by atoms with Crippen LogP contribution in [0.1, 0.15) is 26.3 Å². The van der Waals surface area contributed by atoms with Crippen molar-refractivity contribution in [3.05, 3.63) is 28.2 Å². The lowest BCUT2D eigenvalue weighted by atomic mass is 10.2. The Kier molecular flexibility index (Phi) is 5.13. The van der Waals surface area contributed by atoms with Crippen molar-refractivity contribution >= 4 is 27.7 Å². The van der Waals surface area contributed by atoms with Crippen LogP contribution in [-0.2, 0) is 11.3 Å². The second-order valence-corrected chi connectivity index (χ2v) is 5.68. The lowest BCUT2D eigenvalue weighted by Crippen LogP contribution is -2.27. The maximum Gasteiger partial charge on any atom is 0.412 e. The molecule has 0 bridgehead atoms. The summed E-state index contributed by atoms with van der Waals surface area (Å²) in [5, 5.41) is 2.69. The molecule has 1 rings (SSSR count). The quantitative estimate of drug-likeness (QED) is 0.592. The third-order valence-corrected chi connectivity index (χ3v) is 2.66. The van der Waals surface area contributed by atoms with Crippen LogP contribution in [0.2, 0.25) is 0 Å². The zero-order valence-electron chi connectivity index (χ0n) is 10.7. The van der Waals surface area contributed by atoms with E-state index in [1.54, 1.807) is 0 Å². The van der Waals surface area contributed by atoms with Gasteiger partial charge in [0.05, 0.1) is 5.69 Å². The van der Waals surface area contributed by atoms with Crippen LogP contribution >= 0.6 is 15.9 Å². The number of nitrogens with two attached hydrogens (primary N) is 1. The van der Waals surface area contributed by atoms with Crippen molar-refractivity contribution in [2.45, 2.75) is 32.9 Å². The summed E-state index contributed by atoms with van der Waals surface area (Å²) < 4.78 is 5.97. The number of hydrogen-bond acceptors (Lipinski definition) is 4. The highest BCUT2D eigenvalue weighted by molar-refractivity contribution is 9.10. The van der Waals surface area contributed by atoms with Crippen LogP contribution in [0.4, 0.5) is 10.5 Å². The summed E-state index contributed by atoms with van der Waals surface area (Å²) in [7, 11) is 0. The van der Waals surface area contributed by atoms with E-state index in [2.05, 4.69) is 26.7 Å². The van der Waals surface area contributed by atoms with Crippen molar-refractivity contribution in [1.82, 2.24) is 5.43 Å². The number of carbonyl (C=O) groups excluding carboxylic acids is 1. The molecule has 0 unspecified atom stereocenters. The van der Waals surface area contributed by atoms with Gasteiger partial charge in [0, 0.05) is 11.0 Å². The van der Waals surface area contributed by atoms with Gasteiger partial charge in [-0.3, -0.25) is 16.6 Å². The van der Waals surface area contributed by atoms with E-state index in [9.17, 15) is 4.79 Å². The summed E-state index contributed by atoms with van der Waals surface area (Å²) >= 11 is 3.37. The molecule has 1 amide bonds. The molecule has 5 nitrogen and oxygen atoms in total. The summed E-state index contributed by atoms with van der Waals surface area (Å²) in [6.45, 7) is 5.97. The molecule has 0 atom stereocenters. The number of halogens is 1. The molecule has 0 aliphatic carbocycles.